The molecule has 1 fully saturated rings. The van der Waals surface area contributed by atoms with Crippen LogP contribution in [0, 0.1) is 5.92 Å². The van der Waals surface area contributed by atoms with Gasteiger partial charge in [0.2, 0.25) is 5.91 Å². The summed E-state index contributed by atoms with van der Waals surface area (Å²) in [4.78, 5) is 11.5. The van der Waals surface area contributed by atoms with Crippen LogP contribution in [-0.2, 0) is 9.53 Å². The summed E-state index contributed by atoms with van der Waals surface area (Å²) in [5.41, 5.74) is 0. The Morgan fingerprint density at radius 1 is 1.60 bits per heavy atom. The van der Waals surface area contributed by atoms with Crippen LogP contribution < -0.4 is 10.6 Å². The van der Waals surface area contributed by atoms with E-state index in [0.717, 1.165) is 19.5 Å². The van der Waals surface area contributed by atoms with Gasteiger partial charge in [0.05, 0.1) is 6.10 Å². The molecule has 2 unspecified atom stereocenters. The minimum Gasteiger partial charge on any atom is -0.369 e. The molecule has 1 amide bonds. The predicted octanol–water partition coefficient (Wildman–Crippen LogP) is 0.526. The van der Waals surface area contributed by atoms with Gasteiger partial charge in [-0.15, -0.1) is 0 Å². The molecule has 1 saturated heterocycles. The van der Waals surface area contributed by atoms with Crippen LogP contribution in [0.2, 0.25) is 0 Å². The number of amides is 1. The molecule has 1 heterocycles. The number of piperidine rings is 1. The first-order valence-corrected chi connectivity index (χ1v) is 5.71. The summed E-state index contributed by atoms with van der Waals surface area (Å²) in [6.45, 7) is 8.16. The van der Waals surface area contributed by atoms with Crippen LogP contribution in [0.15, 0.2) is 0 Å². The largest absolute Gasteiger partial charge is 0.369 e. The topological polar surface area (TPSA) is 50.4 Å². The van der Waals surface area contributed by atoms with Crippen molar-refractivity contribution in [3.05, 3.63) is 0 Å². The molecule has 2 N–H and O–H groups in total. The molecular formula is C11H22N2O2. The van der Waals surface area contributed by atoms with E-state index < -0.39 is 0 Å². The lowest BCUT2D eigenvalue weighted by atomic mass is 9.95. The molecule has 1 aliphatic rings. The lowest BCUT2D eigenvalue weighted by Gasteiger charge is -2.30. The van der Waals surface area contributed by atoms with Crippen LogP contribution in [0.25, 0.3) is 0 Å². The molecule has 2 atom stereocenters. The van der Waals surface area contributed by atoms with Gasteiger partial charge in [-0.2, -0.15) is 0 Å². The van der Waals surface area contributed by atoms with Gasteiger partial charge >= 0.3 is 0 Å². The molecule has 15 heavy (non-hydrogen) atoms. The molecular weight excluding hydrogens is 192 g/mol. The van der Waals surface area contributed by atoms with E-state index in [-0.39, 0.29) is 18.6 Å². The van der Waals surface area contributed by atoms with Gasteiger partial charge in [0.15, 0.2) is 0 Å². The van der Waals surface area contributed by atoms with Crippen LogP contribution in [0.1, 0.15) is 27.2 Å². The van der Waals surface area contributed by atoms with Gasteiger partial charge in [-0.25, -0.2) is 0 Å². The average molecular weight is 214 g/mol. The third kappa shape index (κ3) is 4.62. The SMILES string of the molecule is CC(C)OCC(=O)NC1CCNCC1C. The van der Waals surface area contributed by atoms with E-state index in [1.807, 2.05) is 13.8 Å². The highest BCUT2D eigenvalue weighted by molar-refractivity contribution is 5.77. The summed E-state index contributed by atoms with van der Waals surface area (Å²) >= 11 is 0. The number of rotatable bonds is 4. The van der Waals surface area contributed by atoms with Crippen LogP contribution >= 0.6 is 0 Å². The van der Waals surface area contributed by atoms with Gasteiger partial charge < -0.3 is 15.4 Å². The fraction of sp³-hybridized carbons (Fsp3) is 0.909. The number of hydrogen-bond acceptors (Lipinski definition) is 3. The lowest BCUT2D eigenvalue weighted by Crippen LogP contribution is -2.49. The highest BCUT2D eigenvalue weighted by Crippen LogP contribution is 2.09. The zero-order valence-corrected chi connectivity index (χ0v) is 9.88. The molecule has 0 spiro atoms. The second kappa shape index (κ2) is 6.08. The van der Waals surface area contributed by atoms with Crippen LogP contribution in [0.5, 0.6) is 0 Å². The van der Waals surface area contributed by atoms with Crippen molar-refractivity contribution in [2.45, 2.75) is 39.3 Å². The Hall–Kier alpha value is -0.610. The summed E-state index contributed by atoms with van der Waals surface area (Å²) in [5, 5.41) is 6.33. The van der Waals surface area contributed by atoms with Crippen molar-refractivity contribution in [3.63, 3.8) is 0 Å². The normalized spacial score (nSPS) is 26.7. The van der Waals surface area contributed by atoms with E-state index in [0.29, 0.717) is 12.0 Å². The molecule has 0 aromatic carbocycles. The van der Waals surface area contributed by atoms with Gasteiger partial charge in [0, 0.05) is 6.04 Å². The Morgan fingerprint density at radius 2 is 2.33 bits per heavy atom. The molecule has 0 saturated carbocycles. The molecule has 1 aliphatic heterocycles. The van der Waals surface area contributed by atoms with E-state index in [1.165, 1.54) is 0 Å². The Morgan fingerprint density at radius 3 is 2.93 bits per heavy atom. The third-order valence-electron chi connectivity index (χ3n) is 2.68. The van der Waals surface area contributed by atoms with Gasteiger partial charge in [-0.1, -0.05) is 6.92 Å². The molecule has 4 nitrogen and oxygen atoms in total. The first-order valence-electron chi connectivity index (χ1n) is 5.71. The average Bonchev–Trinajstić information content (AvgIpc) is 2.18. The maximum atomic E-state index is 11.5. The second-order valence-electron chi connectivity index (χ2n) is 4.50. The van der Waals surface area contributed by atoms with Crippen molar-refractivity contribution in [1.82, 2.24) is 10.6 Å². The zero-order valence-electron chi connectivity index (χ0n) is 9.88. The number of carbonyl (C=O) groups excluding carboxylic acids is 1. The monoisotopic (exact) mass is 214 g/mol. The zero-order chi connectivity index (χ0) is 11.3. The maximum absolute atomic E-state index is 11.5. The van der Waals surface area contributed by atoms with Crippen molar-refractivity contribution in [2.75, 3.05) is 19.7 Å². The predicted molar refractivity (Wildman–Crippen MR) is 59.7 cm³/mol. The van der Waals surface area contributed by atoms with Gasteiger partial charge in [0.1, 0.15) is 6.61 Å². The Balaban J connectivity index is 2.24. The second-order valence-corrected chi connectivity index (χ2v) is 4.50. The van der Waals surface area contributed by atoms with E-state index >= 15 is 0 Å². The summed E-state index contributed by atoms with van der Waals surface area (Å²) in [6, 6.07) is 0.300. The van der Waals surface area contributed by atoms with Crippen molar-refractivity contribution < 1.29 is 9.53 Å². The molecule has 0 radical (unpaired) electrons. The highest BCUT2D eigenvalue weighted by atomic mass is 16.5. The van der Waals surface area contributed by atoms with Gasteiger partial charge in [0.25, 0.3) is 0 Å². The van der Waals surface area contributed by atoms with Crippen LogP contribution in [-0.4, -0.2) is 37.7 Å². The number of nitrogens with one attached hydrogen (secondary N) is 2. The summed E-state index contributed by atoms with van der Waals surface area (Å²) in [6.07, 6.45) is 1.12. The maximum Gasteiger partial charge on any atom is 0.246 e. The molecule has 0 aromatic rings. The molecule has 0 aromatic heterocycles. The summed E-state index contributed by atoms with van der Waals surface area (Å²) in [5.74, 6) is 0.504. The fourth-order valence-corrected chi connectivity index (χ4v) is 1.72. The molecule has 4 heteroatoms. The lowest BCUT2D eigenvalue weighted by molar-refractivity contribution is -0.128. The number of carbonyl (C=O) groups is 1. The fourth-order valence-electron chi connectivity index (χ4n) is 1.72. The van der Waals surface area contributed by atoms with Crippen LogP contribution in [0.3, 0.4) is 0 Å². The third-order valence-corrected chi connectivity index (χ3v) is 2.68. The number of ether oxygens (including phenoxy) is 1. The first kappa shape index (κ1) is 12.5. The Bertz CT molecular complexity index is 207. The highest BCUT2D eigenvalue weighted by Gasteiger charge is 2.22. The quantitative estimate of drug-likeness (QED) is 0.717. The van der Waals surface area contributed by atoms with Gasteiger partial charge in [-0.3, -0.25) is 4.79 Å². The van der Waals surface area contributed by atoms with Crippen LogP contribution in [0.4, 0.5) is 0 Å². The van der Waals surface area contributed by atoms with E-state index in [1.54, 1.807) is 0 Å². The minimum absolute atomic E-state index is 0.00227. The van der Waals surface area contributed by atoms with Gasteiger partial charge in [-0.05, 0) is 39.3 Å². The number of hydrogen-bond donors (Lipinski definition) is 2. The Kier molecular flexibility index (Phi) is 5.05. The van der Waals surface area contributed by atoms with E-state index in [2.05, 4.69) is 17.6 Å². The summed E-state index contributed by atoms with van der Waals surface area (Å²) < 4.78 is 5.25. The van der Waals surface area contributed by atoms with Crippen molar-refractivity contribution in [1.29, 1.82) is 0 Å². The molecule has 0 aliphatic carbocycles. The Labute approximate surface area is 91.8 Å². The standard InChI is InChI=1S/C11H22N2O2/c1-8(2)15-7-11(14)13-10-4-5-12-6-9(10)3/h8-10,12H,4-7H2,1-3H3,(H,13,14). The molecule has 0 bridgehead atoms. The first-order chi connectivity index (χ1) is 7.09. The van der Waals surface area contributed by atoms with Crippen molar-refractivity contribution >= 4 is 5.91 Å². The van der Waals surface area contributed by atoms with Crippen molar-refractivity contribution in [2.24, 2.45) is 5.92 Å². The van der Waals surface area contributed by atoms with E-state index in [9.17, 15) is 4.79 Å². The molecule has 1 rings (SSSR count). The van der Waals surface area contributed by atoms with E-state index in [4.69, 9.17) is 4.74 Å². The summed E-state index contributed by atoms with van der Waals surface area (Å²) in [7, 11) is 0. The molecule has 88 valence electrons. The van der Waals surface area contributed by atoms with Crippen molar-refractivity contribution in [3.8, 4) is 0 Å². The minimum atomic E-state index is 0.00227. The smallest absolute Gasteiger partial charge is 0.246 e.